The fourth-order valence-electron chi connectivity index (χ4n) is 4.11. The normalized spacial score (nSPS) is 17.1. The second kappa shape index (κ2) is 11.8. The predicted molar refractivity (Wildman–Crippen MR) is 132 cm³/mol. The van der Waals surface area contributed by atoms with Crippen LogP contribution in [0.1, 0.15) is 33.1 Å². The fraction of sp³-hybridized carbons (Fsp3) is 0.591. The van der Waals surface area contributed by atoms with Crippen LogP contribution in [0.15, 0.2) is 12.1 Å². The molecule has 0 aliphatic carbocycles. The van der Waals surface area contributed by atoms with E-state index >= 15 is 0 Å². The van der Waals surface area contributed by atoms with Crippen LogP contribution in [0.4, 0.5) is 17.2 Å². The Morgan fingerprint density at radius 3 is 2.41 bits per heavy atom. The van der Waals surface area contributed by atoms with E-state index in [0.29, 0.717) is 65.3 Å². The van der Waals surface area contributed by atoms with Crippen molar-refractivity contribution >= 4 is 51.3 Å². The van der Waals surface area contributed by atoms with Crippen LogP contribution >= 0.6 is 23.2 Å². The van der Waals surface area contributed by atoms with E-state index in [0.717, 1.165) is 19.6 Å². The SMILES string of the molecule is CC.O=[N+]([O-])c1c(N2CCOCC2)nc2cc(Cl)c(Cl)cc2c1NCCN1CCCCC1. The fourth-order valence-corrected chi connectivity index (χ4v) is 4.43. The zero-order valence-corrected chi connectivity index (χ0v) is 20.2. The van der Waals surface area contributed by atoms with Gasteiger partial charge >= 0.3 is 5.69 Å². The van der Waals surface area contributed by atoms with Gasteiger partial charge in [-0.25, -0.2) is 4.98 Å². The lowest BCUT2D eigenvalue weighted by Crippen LogP contribution is -2.37. The molecule has 4 rings (SSSR count). The Kier molecular flexibility index (Phi) is 9.16. The van der Waals surface area contributed by atoms with Crippen molar-refractivity contribution in [3.8, 4) is 0 Å². The number of piperidine rings is 1. The molecule has 2 aliphatic rings. The van der Waals surface area contributed by atoms with Gasteiger partial charge in [0.25, 0.3) is 0 Å². The van der Waals surface area contributed by atoms with Crippen molar-refractivity contribution in [2.24, 2.45) is 0 Å². The van der Waals surface area contributed by atoms with E-state index in [2.05, 4.69) is 15.2 Å². The summed E-state index contributed by atoms with van der Waals surface area (Å²) >= 11 is 12.5. The quantitative estimate of drug-likeness (QED) is 0.445. The Balaban J connectivity index is 0.00000141. The van der Waals surface area contributed by atoms with Gasteiger partial charge in [-0.15, -0.1) is 0 Å². The smallest absolute Gasteiger partial charge is 0.335 e. The van der Waals surface area contributed by atoms with Crippen LogP contribution in [-0.2, 0) is 4.74 Å². The third-order valence-corrected chi connectivity index (χ3v) is 6.38. The third-order valence-electron chi connectivity index (χ3n) is 5.65. The van der Waals surface area contributed by atoms with Crippen molar-refractivity contribution in [2.75, 3.05) is 62.7 Å². The van der Waals surface area contributed by atoms with E-state index in [1.807, 2.05) is 18.7 Å². The molecule has 0 bridgehead atoms. The number of benzene rings is 1. The molecular weight excluding hydrogens is 453 g/mol. The summed E-state index contributed by atoms with van der Waals surface area (Å²) in [7, 11) is 0. The van der Waals surface area contributed by atoms with E-state index < -0.39 is 0 Å². The first-order valence-corrected chi connectivity index (χ1v) is 12.1. The van der Waals surface area contributed by atoms with Crippen LogP contribution < -0.4 is 10.2 Å². The minimum atomic E-state index is -0.358. The van der Waals surface area contributed by atoms with Crippen molar-refractivity contribution in [3.05, 3.63) is 32.3 Å². The molecule has 8 nitrogen and oxygen atoms in total. The van der Waals surface area contributed by atoms with Crippen molar-refractivity contribution < 1.29 is 9.66 Å². The lowest BCUT2D eigenvalue weighted by Gasteiger charge is -2.29. The lowest BCUT2D eigenvalue weighted by molar-refractivity contribution is -0.383. The second-order valence-corrected chi connectivity index (χ2v) is 8.44. The number of halogens is 2. The molecule has 2 aliphatic heterocycles. The summed E-state index contributed by atoms with van der Waals surface area (Å²) in [6.45, 7) is 9.69. The van der Waals surface area contributed by atoms with Gasteiger partial charge in [0.2, 0.25) is 5.82 Å². The van der Waals surface area contributed by atoms with Crippen molar-refractivity contribution in [2.45, 2.75) is 33.1 Å². The number of pyridine rings is 1. The second-order valence-electron chi connectivity index (χ2n) is 7.63. The first-order chi connectivity index (χ1) is 15.5. The van der Waals surface area contributed by atoms with Crippen LogP contribution in [-0.4, -0.2) is 67.3 Å². The molecule has 0 saturated carbocycles. The molecule has 0 spiro atoms. The number of morpholine rings is 1. The Hall–Kier alpha value is -1.87. The number of rotatable bonds is 6. The Morgan fingerprint density at radius 2 is 1.75 bits per heavy atom. The van der Waals surface area contributed by atoms with Gasteiger partial charge in [0, 0.05) is 31.6 Å². The van der Waals surface area contributed by atoms with Gasteiger partial charge in [0.05, 0.1) is 33.7 Å². The maximum Gasteiger partial charge on any atom is 0.335 e. The van der Waals surface area contributed by atoms with Gasteiger partial charge in [-0.05, 0) is 38.1 Å². The number of anilines is 2. The molecule has 176 valence electrons. The molecule has 0 radical (unpaired) electrons. The Morgan fingerprint density at radius 1 is 1.09 bits per heavy atom. The van der Waals surface area contributed by atoms with E-state index in [1.54, 1.807) is 12.1 Å². The molecule has 10 heteroatoms. The summed E-state index contributed by atoms with van der Waals surface area (Å²) in [6.07, 6.45) is 3.67. The lowest BCUT2D eigenvalue weighted by atomic mass is 10.1. The molecule has 2 saturated heterocycles. The highest BCUT2D eigenvalue weighted by Gasteiger charge is 2.30. The van der Waals surface area contributed by atoms with E-state index in [4.69, 9.17) is 27.9 Å². The molecule has 2 fully saturated rings. The number of hydrogen-bond donors (Lipinski definition) is 1. The number of nitrogens with one attached hydrogen (secondary N) is 1. The molecule has 1 aromatic heterocycles. The maximum atomic E-state index is 12.1. The highest BCUT2D eigenvalue weighted by atomic mass is 35.5. The maximum absolute atomic E-state index is 12.1. The number of fused-ring (bicyclic) bond motifs is 1. The molecular formula is C22H31Cl2N5O3. The van der Waals surface area contributed by atoms with Crippen LogP contribution in [0.5, 0.6) is 0 Å². The summed E-state index contributed by atoms with van der Waals surface area (Å²) in [5.74, 6) is 0.342. The first-order valence-electron chi connectivity index (χ1n) is 11.3. The Labute approximate surface area is 199 Å². The third kappa shape index (κ3) is 5.73. The van der Waals surface area contributed by atoms with E-state index in [1.165, 1.54) is 19.3 Å². The summed E-state index contributed by atoms with van der Waals surface area (Å²) in [5.41, 5.74) is 1.00. The van der Waals surface area contributed by atoms with Crippen LogP contribution in [0.3, 0.4) is 0 Å². The molecule has 1 N–H and O–H groups in total. The van der Waals surface area contributed by atoms with Gasteiger partial charge in [0.15, 0.2) is 0 Å². The van der Waals surface area contributed by atoms with Gasteiger partial charge in [0.1, 0.15) is 5.69 Å². The topological polar surface area (TPSA) is 83.8 Å². The summed E-state index contributed by atoms with van der Waals surface area (Å²) in [4.78, 5) is 20.7. The van der Waals surface area contributed by atoms with Gasteiger partial charge in [-0.1, -0.05) is 43.5 Å². The number of nitro groups is 1. The average molecular weight is 484 g/mol. The number of hydrogen-bond acceptors (Lipinski definition) is 7. The summed E-state index contributed by atoms with van der Waals surface area (Å²) in [5, 5.41) is 16.8. The minimum Gasteiger partial charge on any atom is -0.378 e. The highest BCUT2D eigenvalue weighted by molar-refractivity contribution is 6.43. The predicted octanol–water partition coefficient (Wildman–Crippen LogP) is 5.21. The molecule has 1 aromatic carbocycles. The van der Waals surface area contributed by atoms with Crippen LogP contribution in [0.25, 0.3) is 10.9 Å². The molecule has 3 heterocycles. The zero-order valence-electron chi connectivity index (χ0n) is 18.7. The zero-order chi connectivity index (χ0) is 23.1. The first kappa shape index (κ1) is 24.8. The minimum absolute atomic E-state index is 0.0265. The van der Waals surface area contributed by atoms with E-state index in [9.17, 15) is 10.1 Å². The van der Waals surface area contributed by atoms with Gasteiger partial charge in [-0.3, -0.25) is 10.1 Å². The van der Waals surface area contributed by atoms with Crippen LogP contribution in [0.2, 0.25) is 10.0 Å². The average Bonchev–Trinajstić information content (AvgIpc) is 2.82. The molecule has 32 heavy (non-hydrogen) atoms. The molecule has 0 amide bonds. The summed E-state index contributed by atoms with van der Waals surface area (Å²) in [6, 6.07) is 3.33. The van der Waals surface area contributed by atoms with Gasteiger partial charge in [-0.2, -0.15) is 0 Å². The van der Waals surface area contributed by atoms with Crippen molar-refractivity contribution in [3.63, 3.8) is 0 Å². The number of ether oxygens (including phenoxy) is 1. The highest BCUT2D eigenvalue weighted by Crippen LogP contribution is 2.42. The number of nitrogens with zero attached hydrogens (tertiary/aromatic N) is 4. The Bertz CT molecular complexity index is 932. The molecule has 0 unspecified atom stereocenters. The standard InChI is InChI=1S/C20H25Cl2N5O3.C2H6/c21-15-12-14-17(13-16(15)22)24-20(26-8-10-30-11-9-26)19(27(28)29)18(14)23-4-7-25-5-2-1-3-6-25;1-2/h12-13H,1-11H2,(H,23,24);1-2H3. The van der Waals surface area contributed by atoms with Crippen molar-refractivity contribution in [1.29, 1.82) is 0 Å². The van der Waals surface area contributed by atoms with Gasteiger partial charge < -0.3 is 19.9 Å². The summed E-state index contributed by atoms with van der Waals surface area (Å²) < 4.78 is 5.41. The molecule has 0 atom stereocenters. The van der Waals surface area contributed by atoms with Crippen molar-refractivity contribution in [1.82, 2.24) is 9.88 Å². The largest absolute Gasteiger partial charge is 0.378 e. The number of aromatic nitrogens is 1. The monoisotopic (exact) mass is 483 g/mol. The van der Waals surface area contributed by atoms with Crippen LogP contribution in [0, 0.1) is 10.1 Å². The molecule has 2 aromatic rings. The van der Waals surface area contributed by atoms with E-state index in [-0.39, 0.29) is 10.6 Å². The number of likely N-dealkylation sites (tertiary alicyclic amines) is 1.